The van der Waals surface area contributed by atoms with Crippen LogP contribution in [0.15, 0.2) is 9.21 Å². The Morgan fingerprint density at radius 2 is 1.61 bits per heavy atom. The van der Waals surface area contributed by atoms with E-state index in [1.807, 2.05) is 0 Å². The molecule has 8 nitrogen and oxygen atoms in total. The molecule has 1 aromatic heterocycles. The SMILES string of the molecule is CCC(=O)[C@H](C)[C@H]1O[C@]2(O[C@](O)([C@H](C)c3oc(C)c(C)c(=O)c3C)[C@@H](C)[C@@H](O)[C@H]2C)[C@H](C)C(=O)[C@@H]1C. The minimum atomic E-state index is -2.04. The number of aliphatic hydroxyl groups is 2. The Bertz CT molecular complexity index is 1090. The second kappa shape index (κ2) is 9.78. The first-order valence-corrected chi connectivity index (χ1v) is 13.0. The fraction of sp³-hybridized carbons (Fsp3) is 0.750. The van der Waals surface area contributed by atoms with Crippen LogP contribution in [0, 0.1) is 50.4 Å². The van der Waals surface area contributed by atoms with Crippen molar-refractivity contribution in [1.29, 1.82) is 0 Å². The molecule has 0 aliphatic carbocycles. The average molecular weight is 507 g/mol. The zero-order chi connectivity index (χ0) is 27.5. The van der Waals surface area contributed by atoms with Gasteiger partial charge in [0.15, 0.2) is 17.0 Å². The third kappa shape index (κ3) is 4.10. The maximum Gasteiger partial charge on any atom is 0.191 e. The largest absolute Gasteiger partial charge is 0.465 e. The second-order valence-corrected chi connectivity index (χ2v) is 11.1. The van der Waals surface area contributed by atoms with Crippen LogP contribution in [0.3, 0.4) is 0 Å². The van der Waals surface area contributed by atoms with Crippen LogP contribution >= 0.6 is 0 Å². The van der Waals surface area contributed by atoms with Gasteiger partial charge in [-0.2, -0.15) is 0 Å². The van der Waals surface area contributed by atoms with Crippen LogP contribution in [-0.2, 0) is 19.1 Å². The average Bonchev–Trinajstić information content (AvgIpc) is 2.86. The van der Waals surface area contributed by atoms with Crippen LogP contribution < -0.4 is 5.43 Å². The van der Waals surface area contributed by atoms with Crippen molar-refractivity contribution < 1.29 is 33.7 Å². The summed E-state index contributed by atoms with van der Waals surface area (Å²) < 4.78 is 19.0. The highest BCUT2D eigenvalue weighted by Gasteiger charge is 2.66. The van der Waals surface area contributed by atoms with Gasteiger partial charge in [-0.25, -0.2) is 0 Å². The first kappa shape index (κ1) is 28.7. The van der Waals surface area contributed by atoms with Crippen molar-refractivity contribution >= 4 is 11.6 Å². The van der Waals surface area contributed by atoms with E-state index in [1.165, 1.54) is 0 Å². The number of aryl methyl sites for hydroxylation is 1. The minimum Gasteiger partial charge on any atom is -0.465 e. The van der Waals surface area contributed by atoms with E-state index in [0.717, 1.165) is 0 Å². The van der Waals surface area contributed by atoms with Gasteiger partial charge in [-0.1, -0.05) is 48.5 Å². The summed E-state index contributed by atoms with van der Waals surface area (Å²) in [6.45, 7) is 17.0. The summed E-state index contributed by atoms with van der Waals surface area (Å²) in [5, 5.41) is 23.5. The van der Waals surface area contributed by atoms with Gasteiger partial charge in [-0.3, -0.25) is 14.4 Å². The number of hydrogen-bond donors (Lipinski definition) is 2. The normalized spacial score (nSPS) is 38.7. The maximum atomic E-state index is 13.5. The van der Waals surface area contributed by atoms with E-state index >= 15 is 0 Å². The van der Waals surface area contributed by atoms with Crippen molar-refractivity contribution in [1.82, 2.24) is 0 Å². The van der Waals surface area contributed by atoms with Crippen LogP contribution in [0.2, 0.25) is 0 Å². The molecular formula is C28H42O8. The van der Waals surface area contributed by atoms with Crippen LogP contribution in [0.1, 0.15) is 83.5 Å². The number of carbonyl (C=O) groups is 2. The van der Waals surface area contributed by atoms with E-state index in [0.29, 0.717) is 23.3 Å². The molecule has 0 unspecified atom stereocenters. The van der Waals surface area contributed by atoms with Gasteiger partial charge in [0.2, 0.25) is 0 Å². The van der Waals surface area contributed by atoms with E-state index < -0.39 is 59.3 Å². The molecule has 8 heteroatoms. The number of ether oxygens (including phenoxy) is 2. The summed E-state index contributed by atoms with van der Waals surface area (Å²) in [6, 6.07) is 0. The fourth-order valence-corrected chi connectivity index (χ4v) is 6.14. The van der Waals surface area contributed by atoms with Crippen molar-refractivity contribution in [3.8, 4) is 0 Å². The highest BCUT2D eigenvalue weighted by molar-refractivity contribution is 5.87. The molecule has 2 aliphatic heterocycles. The van der Waals surface area contributed by atoms with Crippen LogP contribution in [-0.4, -0.2) is 45.6 Å². The Kier molecular flexibility index (Phi) is 7.80. The molecule has 0 amide bonds. The molecule has 0 aromatic carbocycles. The lowest BCUT2D eigenvalue weighted by atomic mass is 9.67. The van der Waals surface area contributed by atoms with E-state index in [4.69, 9.17) is 13.9 Å². The zero-order valence-electron chi connectivity index (χ0n) is 23.2. The smallest absolute Gasteiger partial charge is 0.191 e. The molecule has 0 radical (unpaired) electrons. The number of hydrogen-bond acceptors (Lipinski definition) is 8. The first-order chi connectivity index (χ1) is 16.6. The maximum absolute atomic E-state index is 13.5. The van der Waals surface area contributed by atoms with Crippen molar-refractivity contribution in [3.63, 3.8) is 0 Å². The zero-order valence-corrected chi connectivity index (χ0v) is 23.2. The Balaban J connectivity index is 2.15. The molecule has 0 saturated carbocycles. The Labute approximate surface area is 213 Å². The third-order valence-corrected chi connectivity index (χ3v) is 9.13. The van der Waals surface area contributed by atoms with Crippen molar-refractivity contribution in [2.75, 3.05) is 0 Å². The van der Waals surface area contributed by atoms with E-state index in [9.17, 15) is 24.6 Å². The van der Waals surface area contributed by atoms with Gasteiger partial charge in [-0.15, -0.1) is 0 Å². The molecule has 2 aliphatic rings. The Morgan fingerprint density at radius 3 is 2.17 bits per heavy atom. The van der Waals surface area contributed by atoms with Crippen molar-refractivity contribution in [2.45, 2.75) is 105 Å². The van der Waals surface area contributed by atoms with Crippen molar-refractivity contribution in [2.24, 2.45) is 29.6 Å². The number of aliphatic hydroxyl groups excluding tert-OH is 1. The van der Waals surface area contributed by atoms with Crippen LogP contribution in [0.25, 0.3) is 0 Å². The molecular weight excluding hydrogens is 464 g/mol. The molecule has 36 heavy (non-hydrogen) atoms. The summed E-state index contributed by atoms with van der Waals surface area (Å²) in [5.74, 6) is -7.56. The van der Waals surface area contributed by atoms with Gasteiger partial charge < -0.3 is 24.1 Å². The molecule has 3 rings (SSSR count). The van der Waals surface area contributed by atoms with Gasteiger partial charge in [0.1, 0.15) is 23.1 Å². The molecule has 2 fully saturated rings. The van der Waals surface area contributed by atoms with Crippen LogP contribution in [0.4, 0.5) is 0 Å². The van der Waals surface area contributed by atoms with Gasteiger partial charge in [0, 0.05) is 41.2 Å². The quantitative estimate of drug-likeness (QED) is 0.621. The van der Waals surface area contributed by atoms with E-state index in [2.05, 4.69) is 0 Å². The van der Waals surface area contributed by atoms with Gasteiger partial charge in [0.05, 0.1) is 24.0 Å². The molecule has 10 atom stereocenters. The van der Waals surface area contributed by atoms with Gasteiger partial charge in [0.25, 0.3) is 0 Å². The summed E-state index contributed by atoms with van der Waals surface area (Å²) in [4.78, 5) is 38.9. The second-order valence-electron chi connectivity index (χ2n) is 11.1. The highest BCUT2D eigenvalue weighted by atomic mass is 16.8. The molecule has 2 N–H and O–H groups in total. The highest BCUT2D eigenvalue weighted by Crippen LogP contribution is 2.54. The summed E-state index contributed by atoms with van der Waals surface area (Å²) >= 11 is 0. The number of ketones is 2. The lowest BCUT2D eigenvalue weighted by Crippen LogP contribution is -2.72. The lowest BCUT2D eigenvalue weighted by molar-refractivity contribution is -0.449. The topological polar surface area (TPSA) is 123 Å². The number of carbonyl (C=O) groups excluding carboxylic acids is 2. The third-order valence-electron chi connectivity index (χ3n) is 9.13. The van der Waals surface area contributed by atoms with Crippen molar-refractivity contribution in [3.05, 3.63) is 32.9 Å². The predicted molar refractivity (Wildman–Crippen MR) is 133 cm³/mol. The molecule has 1 aromatic rings. The number of rotatable bonds is 5. The summed E-state index contributed by atoms with van der Waals surface area (Å²) in [7, 11) is 0. The molecule has 1 spiro atoms. The summed E-state index contributed by atoms with van der Waals surface area (Å²) in [5.41, 5.74) is 0.647. The molecule has 3 heterocycles. The first-order valence-electron chi connectivity index (χ1n) is 13.0. The molecule has 202 valence electrons. The lowest BCUT2D eigenvalue weighted by Gasteiger charge is -2.60. The monoisotopic (exact) mass is 506 g/mol. The molecule has 2 saturated heterocycles. The minimum absolute atomic E-state index is 0.0436. The number of Topliss-reactive ketones (excluding diaryl/α,β-unsaturated/α-hetero) is 2. The van der Waals surface area contributed by atoms with E-state index in [1.54, 1.807) is 69.2 Å². The Morgan fingerprint density at radius 1 is 1.03 bits per heavy atom. The predicted octanol–water partition coefficient (Wildman–Crippen LogP) is 3.57. The van der Waals surface area contributed by atoms with Crippen LogP contribution in [0.5, 0.6) is 0 Å². The van der Waals surface area contributed by atoms with Gasteiger partial charge in [-0.05, 0) is 20.8 Å². The fourth-order valence-electron chi connectivity index (χ4n) is 6.14. The molecule has 0 bridgehead atoms. The summed E-state index contributed by atoms with van der Waals surface area (Å²) in [6.07, 6.45) is -1.58. The standard InChI is InChI=1S/C28H42O8/c1-11-21(29)13(3)25-15(5)23(31)17(7)28(35-25)18(8)24(32)16(6)27(33,36-28)19(9)26-14(4)22(30)12(2)20(10)34-26/h13,15-19,24-25,32-33H,11H2,1-10H3/t13-,15-,16-,17+,18+,19+,24+,25+,27-,28-/m0/s1. The van der Waals surface area contributed by atoms with E-state index in [-0.39, 0.29) is 22.8 Å². The van der Waals surface area contributed by atoms with Gasteiger partial charge >= 0.3 is 0 Å². The Hall–Kier alpha value is -1.87.